The van der Waals surface area contributed by atoms with Crippen molar-refractivity contribution < 1.29 is 27.4 Å². The number of nitrogens with one attached hydrogen (secondary N) is 1. The van der Waals surface area contributed by atoms with Crippen LogP contribution in [0.25, 0.3) is 11.0 Å². The molecule has 1 unspecified atom stereocenters. The van der Waals surface area contributed by atoms with Crippen LogP contribution in [0.15, 0.2) is 57.8 Å². The summed E-state index contributed by atoms with van der Waals surface area (Å²) in [6.45, 7) is 1.20. The SMILES string of the molecule is COc1ccc(OC)c(S(=O)(=O)NCC(C)(O)c2cc3ccccc3o2)c1. The van der Waals surface area contributed by atoms with Crippen LogP contribution in [0.5, 0.6) is 11.5 Å². The van der Waals surface area contributed by atoms with Gasteiger partial charge in [0.2, 0.25) is 10.0 Å². The fourth-order valence-electron chi connectivity index (χ4n) is 2.64. The van der Waals surface area contributed by atoms with Gasteiger partial charge in [-0.05, 0) is 31.2 Å². The van der Waals surface area contributed by atoms with E-state index in [0.29, 0.717) is 11.3 Å². The fourth-order valence-corrected chi connectivity index (χ4v) is 3.96. The minimum Gasteiger partial charge on any atom is -0.497 e. The molecule has 0 spiro atoms. The Morgan fingerprint density at radius 2 is 1.85 bits per heavy atom. The molecule has 8 heteroatoms. The molecule has 0 amide bonds. The number of furan rings is 1. The van der Waals surface area contributed by atoms with Crippen LogP contribution in [-0.4, -0.2) is 34.3 Å². The number of fused-ring (bicyclic) bond motifs is 1. The van der Waals surface area contributed by atoms with Gasteiger partial charge in [-0.2, -0.15) is 0 Å². The highest BCUT2D eigenvalue weighted by Gasteiger charge is 2.31. The Bertz CT molecular complexity index is 1020. The lowest BCUT2D eigenvalue weighted by molar-refractivity contribution is 0.0411. The number of aliphatic hydroxyl groups is 1. The summed E-state index contributed by atoms with van der Waals surface area (Å²) in [6, 6.07) is 13.5. The van der Waals surface area contributed by atoms with E-state index in [-0.39, 0.29) is 22.9 Å². The van der Waals surface area contributed by atoms with Gasteiger partial charge in [-0.1, -0.05) is 18.2 Å². The highest BCUT2D eigenvalue weighted by molar-refractivity contribution is 7.89. The van der Waals surface area contributed by atoms with Gasteiger partial charge < -0.3 is 19.0 Å². The van der Waals surface area contributed by atoms with Crippen LogP contribution in [0.2, 0.25) is 0 Å². The summed E-state index contributed by atoms with van der Waals surface area (Å²) in [6.07, 6.45) is 0. The minimum atomic E-state index is -3.96. The molecule has 0 saturated heterocycles. The zero-order valence-electron chi connectivity index (χ0n) is 15.2. The molecule has 0 aliphatic rings. The van der Waals surface area contributed by atoms with Gasteiger partial charge in [-0.25, -0.2) is 13.1 Å². The molecule has 1 aromatic heterocycles. The highest BCUT2D eigenvalue weighted by atomic mass is 32.2. The van der Waals surface area contributed by atoms with E-state index in [2.05, 4.69) is 4.72 Å². The first kappa shape index (κ1) is 19.2. The van der Waals surface area contributed by atoms with Crippen LogP contribution < -0.4 is 14.2 Å². The molecule has 3 rings (SSSR count). The van der Waals surface area contributed by atoms with Gasteiger partial charge in [0.25, 0.3) is 0 Å². The van der Waals surface area contributed by atoms with Crippen LogP contribution in [0.4, 0.5) is 0 Å². The van der Waals surface area contributed by atoms with Crippen LogP contribution in [-0.2, 0) is 15.6 Å². The van der Waals surface area contributed by atoms with Crippen molar-refractivity contribution in [3.63, 3.8) is 0 Å². The normalized spacial score (nSPS) is 14.1. The van der Waals surface area contributed by atoms with Gasteiger partial charge in [-0.15, -0.1) is 0 Å². The summed E-state index contributed by atoms with van der Waals surface area (Å²) >= 11 is 0. The van der Waals surface area contributed by atoms with E-state index < -0.39 is 15.6 Å². The van der Waals surface area contributed by atoms with Gasteiger partial charge in [0.1, 0.15) is 33.3 Å². The highest BCUT2D eigenvalue weighted by Crippen LogP contribution is 2.30. The zero-order valence-corrected chi connectivity index (χ0v) is 16.0. The predicted octanol–water partition coefficient (Wildman–Crippen LogP) is 2.64. The van der Waals surface area contributed by atoms with E-state index in [1.807, 2.05) is 18.2 Å². The molecule has 7 nitrogen and oxygen atoms in total. The van der Waals surface area contributed by atoms with E-state index in [0.717, 1.165) is 5.39 Å². The largest absolute Gasteiger partial charge is 0.497 e. The minimum absolute atomic E-state index is 0.0789. The van der Waals surface area contributed by atoms with E-state index in [4.69, 9.17) is 13.9 Å². The van der Waals surface area contributed by atoms with Crippen molar-refractivity contribution in [2.75, 3.05) is 20.8 Å². The van der Waals surface area contributed by atoms with Crippen LogP contribution in [0, 0.1) is 0 Å². The second kappa shape index (κ2) is 7.22. The molecule has 27 heavy (non-hydrogen) atoms. The Balaban J connectivity index is 1.86. The maximum Gasteiger partial charge on any atom is 0.244 e. The maximum absolute atomic E-state index is 12.7. The van der Waals surface area contributed by atoms with Crippen molar-refractivity contribution in [1.82, 2.24) is 4.72 Å². The predicted molar refractivity (Wildman–Crippen MR) is 101 cm³/mol. The number of ether oxygens (including phenoxy) is 2. The third-order valence-electron chi connectivity index (χ3n) is 4.22. The number of hydrogen-bond acceptors (Lipinski definition) is 6. The first-order chi connectivity index (χ1) is 12.8. The monoisotopic (exact) mass is 391 g/mol. The Kier molecular flexibility index (Phi) is 5.14. The second-order valence-corrected chi connectivity index (χ2v) is 8.00. The second-order valence-electron chi connectivity index (χ2n) is 6.26. The molecular formula is C19H21NO6S. The number of rotatable bonds is 7. The van der Waals surface area contributed by atoms with Crippen molar-refractivity contribution in [3.8, 4) is 11.5 Å². The molecule has 0 aliphatic heterocycles. The lowest BCUT2D eigenvalue weighted by atomic mass is 10.0. The van der Waals surface area contributed by atoms with Crippen LogP contribution in [0.1, 0.15) is 12.7 Å². The molecule has 0 bridgehead atoms. The zero-order chi connectivity index (χ0) is 19.7. The number of para-hydroxylation sites is 1. The van der Waals surface area contributed by atoms with Gasteiger partial charge in [-0.3, -0.25) is 0 Å². The van der Waals surface area contributed by atoms with Crippen molar-refractivity contribution in [2.45, 2.75) is 17.4 Å². The average Bonchev–Trinajstić information content (AvgIpc) is 3.11. The van der Waals surface area contributed by atoms with E-state index in [9.17, 15) is 13.5 Å². The molecule has 144 valence electrons. The van der Waals surface area contributed by atoms with Crippen molar-refractivity contribution >= 4 is 21.0 Å². The molecule has 3 aromatic rings. The summed E-state index contributed by atoms with van der Waals surface area (Å²) in [7, 11) is -1.14. The number of hydrogen-bond donors (Lipinski definition) is 2. The quantitative estimate of drug-likeness (QED) is 0.643. The average molecular weight is 391 g/mol. The summed E-state index contributed by atoms with van der Waals surface area (Å²) in [4.78, 5) is -0.0789. The Morgan fingerprint density at radius 3 is 2.52 bits per heavy atom. The van der Waals surface area contributed by atoms with Gasteiger partial charge in [0, 0.05) is 18.0 Å². The van der Waals surface area contributed by atoms with Crippen molar-refractivity contribution in [3.05, 3.63) is 54.3 Å². The first-order valence-electron chi connectivity index (χ1n) is 8.20. The van der Waals surface area contributed by atoms with Crippen molar-refractivity contribution in [1.29, 1.82) is 0 Å². The Labute approximate surface area is 157 Å². The molecule has 0 radical (unpaired) electrons. The molecule has 1 atom stereocenters. The molecule has 1 heterocycles. The molecule has 0 saturated carbocycles. The number of sulfonamides is 1. The van der Waals surface area contributed by atoms with Gasteiger partial charge >= 0.3 is 0 Å². The summed E-state index contributed by atoms with van der Waals surface area (Å²) in [5.41, 5.74) is -0.928. The smallest absolute Gasteiger partial charge is 0.244 e. The molecule has 2 N–H and O–H groups in total. The van der Waals surface area contributed by atoms with Gasteiger partial charge in [0.05, 0.1) is 14.2 Å². The Hall–Kier alpha value is -2.55. The van der Waals surface area contributed by atoms with Crippen LogP contribution in [0.3, 0.4) is 0 Å². The maximum atomic E-state index is 12.7. The Morgan fingerprint density at radius 1 is 1.11 bits per heavy atom. The van der Waals surface area contributed by atoms with E-state index in [1.165, 1.54) is 33.3 Å². The lowest BCUT2D eigenvalue weighted by Gasteiger charge is -2.21. The van der Waals surface area contributed by atoms with Gasteiger partial charge in [0.15, 0.2) is 0 Å². The first-order valence-corrected chi connectivity index (χ1v) is 9.68. The van der Waals surface area contributed by atoms with E-state index in [1.54, 1.807) is 18.2 Å². The fraction of sp³-hybridized carbons (Fsp3) is 0.263. The van der Waals surface area contributed by atoms with Crippen LogP contribution >= 0.6 is 0 Å². The number of benzene rings is 2. The molecular weight excluding hydrogens is 370 g/mol. The molecule has 2 aromatic carbocycles. The number of methoxy groups -OCH3 is 2. The van der Waals surface area contributed by atoms with E-state index >= 15 is 0 Å². The summed E-state index contributed by atoms with van der Waals surface area (Å²) in [5.74, 6) is 0.816. The molecule has 0 fully saturated rings. The third-order valence-corrected chi connectivity index (χ3v) is 5.65. The topological polar surface area (TPSA) is 98.0 Å². The summed E-state index contributed by atoms with van der Waals surface area (Å²) < 4.78 is 43.8. The third kappa shape index (κ3) is 3.92. The molecule has 0 aliphatic carbocycles. The standard InChI is InChI=1S/C19H21NO6S/c1-19(21,18-10-13-6-4-5-7-15(13)26-18)12-20-27(22,23)17-11-14(24-2)8-9-16(17)25-3/h4-11,20-21H,12H2,1-3H3. The van der Waals surface area contributed by atoms with Crippen molar-refractivity contribution in [2.24, 2.45) is 0 Å². The summed E-state index contributed by atoms with van der Waals surface area (Å²) in [5, 5.41) is 11.6. The lowest BCUT2D eigenvalue weighted by Crippen LogP contribution is -2.38.